The molecule has 0 aromatic heterocycles. The predicted octanol–water partition coefficient (Wildman–Crippen LogP) is 6.94. The van der Waals surface area contributed by atoms with Crippen molar-refractivity contribution in [2.75, 3.05) is 13.2 Å². The summed E-state index contributed by atoms with van der Waals surface area (Å²) in [6, 6.07) is 27.6. The van der Waals surface area contributed by atoms with E-state index in [2.05, 4.69) is 5.32 Å². The van der Waals surface area contributed by atoms with Crippen LogP contribution in [0.25, 0.3) is 10.8 Å². The second kappa shape index (κ2) is 13.5. The molecule has 0 aliphatic carbocycles. The average molecular weight is 564 g/mol. The molecule has 0 radical (unpaired) electrons. The van der Waals surface area contributed by atoms with Crippen LogP contribution >= 0.6 is 23.2 Å². The van der Waals surface area contributed by atoms with Crippen molar-refractivity contribution in [3.8, 4) is 5.75 Å². The van der Waals surface area contributed by atoms with Crippen LogP contribution in [0.2, 0.25) is 10.0 Å². The van der Waals surface area contributed by atoms with Crippen LogP contribution in [0.5, 0.6) is 5.75 Å². The molecule has 0 heterocycles. The Balaban J connectivity index is 1.66. The molecular weight excluding hydrogens is 531 g/mol. The number of rotatable bonds is 11. The molecule has 2 amide bonds. The summed E-state index contributed by atoms with van der Waals surface area (Å²) in [5.74, 6) is 0.316. The van der Waals surface area contributed by atoms with Crippen LogP contribution in [0.15, 0.2) is 91.0 Å². The minimum atomic E-state index is -0.776. The van der Waals surface area contributed by atoms with Gasteiger partial charge in [0.2, 0.25) is 5.91 Å². The lowest BCUT2D eigenvalue weighted by Gasteiger charge is -2.32. The van der Waals surface area contributed by atoms with Crippen molar-refractivity contribution in [2.24, 2.45) is 5.92 Å². The first-order chi connectivity index (χ1) is 18.8. The summed E-state index contributed by atoms with van der Waals surface area (Å²) in [5, 5.41) is 5.87. The van der Waals surface area contributed by atoms with Gasteiger partial charge in [-0.1, -0.05) is 110 Å². The molecule has 39 heavy (non-hydrogen) atoms. The van der Waals surface area contributed by atoms with E-state index in [4.69, 9.17) is 27.9 Å². The maximum Gasteiger partial charge on any atom is 0.261 e. The number of halogens is 2. The second-order valence-corrected chi connectivity index (χ2v) is 10.7. The standard InChI is InChI=1S/C32H32Cl2N2O3/c1-22(2)19-35-32(38)29(17-23-9-4-3-5-10-23)36(20-25-15-16-26(33)18-28(25)34)31(37)21-39-30-14-8-12-24-11-6-7-13-27(24)30/h3-16,18,22,29H,17,19-21H2,1-2H3,(H,35,38)/t29-/m1/s1. The van der Waals surface area contributed by atoms with Gasteiger partial charge < -0.3 is 15.0 Å². The number of carbonyl (C=O) groups is 2. The molecule has 1 N–H and O–H groups in total. The van der Waals surface area contributed by atoms with Crippen LogP contribution in [0.4, 0.5) is 0 Å². The lowest BCUT2D eigenvalue weighted by atomic mass is 10.0. The molecule has 0 aliphatic rings. The van der Waals surface area contributed by atoms with E-state index in [0.29, 0.717) is 34.3 Å². The Kier molecular flexibility index (Phi) is 9.85. The number of nitrogens with one attached hydrogen (secondary N) is 1. The first-order valence-corrected chi connectivity index (χ1v) is 13.7. The summed E-state index contributed by atoms with van der Waals surface area (Å²) in [5.41, 5.74) is 1.63. The maximum absolute atomic E-state index is 13.9. The minimum absolute atomic E-state index is 0.125. The van der Waals surface area contributed by atoms with Crippen LogP contribution in [0, 0.1) is 5.92 Å². The quantitative estimate of drug-likeness (QED) is 0.215. The van der Waals surface area contributed by atoms with Gasteiger partial charge in [-0.05, 0) is 40.6 Å². The molecule has 4 aromatic rings. The third-order valence-corrected chi connectivity index (χ3v) is 7.00. The highest BCUT2D eigenvalue weighted by Crippen LogP contribution is 2.27. The van der Waals surface area contributed by atoms with Gasteiger partial charge in [-0.15, -0.1) is 0 Å². The minimum Gasteiger partial charge on any atom is -0.483 e. The lowest BCUT2D eigenvalue weighted by Crippen LogP contribution is -2.52. The fourth-order valence-electron chi connectivity index (χ4n) is 4.35. The van der Waals surface area contributed by atoms with E-state index < -0.39 is 6.04 Å². The zero-order valence-corrected chi connectivity index (χ0v) is 23.6. The molecule has 0 saturated carbocycles. The van der Waals surface area contributed by atoms with Gasteiger partial charge in [0.15, 0.2) is 6.61 Å². The molecular formula is C32H32Cl2N2O3. The molecule has 4 aromatic carbocycles. The molecule has 7 heteroatoms. The Morgan fingerprint density at radius 1 is 0.897 bits per heavy atom. The zero-order valence-electron chi connectivity index (χ0n) is 22.1. The van der Waals surface area contributed by atoms with Crippen molar-refractivity contribution in [3.05, 3.63) is 112 Å². The molecule has 0 spiro atoms. The fourth-order valence-corrected chi connectivity index (χ4v) is 4.82. The van der Waals surface area contributed by atoms with Crippen LogP contribution in [-0.4, -0.2) is 35.9 Å². The monoisotopic (exact) mass is 562 g/mol. The highest BCUT2D eigenvalue weighted by molar-refractivity contribution is 6.35. The molecule has 0 bridgehead atoms. The molecule has 0 saturated heterocycles. The first-order valence-electron chi connectivity index (χ1n) is 13.0. The zero-order chi connectivity index (χ0) is 27.8. The number of hydrogen-bond acceptors (Lipinski definition) is 3. The number of carbonyl (C=O) groups excluding carboxylic acids is 2. The van der Waals surface area contributed by atoms with Crippen molar-refractivity contribution in [3.63, 3.8) is 0 Å². The Bertz CT molecular complexity index is 1420. The normalized spacial score (nSPS) is 11.8. The average Bonchev–Trinajstić information content (AvgIpc) is 2.93. The summed E-state index contributed by atoms with van der Waals surface area (Å²) >= 11 is 12.6. The summed E-state index contributed by atoms with van der Waals surface area (Å²) < 4.78 is 6.05. The van der Waals surface area contributed by atoms with Crippen LogP contribution in [0.1, 0.15) is 25.0 Å². The fraction of sp³-hybridized carbons (Fsp3) is 0.250. The van der Waals surface area contributed by atoms with E-state index in [-0.39, 0.29) is 30.9 Å². The molecule has 1 atom stereocenters. The van der Waals surface area contributed by atoms with Crippen LogP contribution in [-0.2, 0) is 22.6 Å². The number of benzene rings is 4. The van der Waals surface area contributed by atoms with E-state index in [1.807, 2.05) is 86.6 Å². The van der Waals surface area contributed by atoms with E-state index in [1.54, 1.807) is 23.1 Å². The summed E-state index contributed by atoms with van der Waals surface area (Å²) in [7, 11) is 0. The predicted molar refractivity (Wildman–Crippen MR) is 158 cm³/mol. The molecule has 4 rings (SSSR count). The number of amides is 2. The summed E-state index contributed by atoms with van der Waals surface area (Å²) in [6.45, 7) is 4.45. The smallest absolute Gasteiger partial charge is 0.261 e. The van der Waals surface area contributed by atoms with Gasteiger partial charge in [0.05, 0.1) is 0 Å². The Morgan fingerprint density at radius 3 is 2.36 bits per heavy atom. The van der Waals surface area contributed by atoms with E-state index in [1.165, 1.54) is 0 Å². The first kappa shape index (κ1) is 28.5. The summed E-state index contributed by atoms with van der Waals surface area (Å²) in [6.07, 6.45) is 0.343. The third-order valence-electron chi connectivity index (χ3n) is 6.41. The van der Waals surface area contributed by atoms with Crippen molar-refractivity contribution in [1.29, 1.82) is 0 Å². The van der Waals surface area contributed by atoms with E-state index in [0.717, 1.165) is 16.3 Å². The van der Waals surface area contributed by atoms with Crippen LogP contribution in [0.3, 0.4) is 0 Å². The highest BCUT2D eigenvalue weighted by atomic mass is 35.5. The maximum atomic E-state index is 13.9. The third kappa shape index (κ3) is 7.75. The molecule has 0 aliphatic heterocycles. The van der Waals surface area contributed by atoms with Crippen molar-refractivity contribution < 1.29 is 14.3 Å². The van der Waals surface area contributed by atoms with Crippen molar-refractivity contribution in [1.82, 2.24) is 10.2 Å². The number of ether oxygens (including phenoxy) is 1. The van der Waals surface area contributed by atoms with Crippen molar-refractivity contribution >= 4 is 45.8 Å². The number of fused-ring (bicyclic) bond motifs is 1. The molecule has 202 valence electrons. The van der Waals surface area contributed by atoms with Gasteiger partial charge in [0.25, 0.3) is 5.91 Å². The van der Waals surface area contributed by atoms with Gasteiger partial charge in [-0.25, -0.2) is 0 Å². The Hall–Kier alpha value is -3.54. The summed E-state index contributed by atoms with van der Waals surface area (Å²) in [4.78, 5) is 29.0. The van der Waals surface area contributed by atoms with Gasteiger partial charge in [0.1, 0.15) is 11.8 Å². The SMILES string of the molecule is CC(C)CNC(=O)[C@@H](Cc1ccccc1)N(Cc1ccc(Cl)cc1Cl)C(=O)COc1cccc2ccccc12. The van der Waals surface area contributed by atoms with E-state index in [9.17, 15) is 9.59 Å². The van der Waals surface area contributed by atoms with Gasteiger partial charge in [-0.2, -0.15) is 0 Å². The Morgan fingerprint density at radius 2 is 1.62 bits per heavy atom. The van der Waals surface area contributed by atoms with Crippen LogP contribution < -0.4 is 10.1 Å². The topological polar surface area (TPSA) is 58.6 Å². The Labute approximate surface area is 239 Å². The largest absolute Gasteiger partial charge is 0.483 e. The van der Waals surface area contributed by atoms with Crippen molar-refractivity contribution in [2.45, 2.75) is 32.9 Å². The second-order valence-electron chi connectivity index (χ2n) is 9.87. The van der Waals surface area contributed by atoms with Gasteiger partial charge in [0, 0.05) is 34.9 Å². The lowest BCUT2D eigenvalue weighted by molar-refractivity contribution is -0.142. The van der Waals surface area contributed by atoms with Gasteiger partial charge >= 0.3 is 0 Å². The van der Waals surface area contributed by atoms with Gasteiger partial charge in [-0.3, -0.25) is 9.59 Å². The highest BCUT2D eigenvalue weighted by Gasteiger charge is 2.31. The molecule has 0 fully saturated rings. The van der Waals surface area contributed by atoms with E-state index >= 15 is 0 Å². The molecule has 5 nitrogen and oxygen atoms in total. The molecule has 0 unspecified atom stereocenters. The number of hydrogen-bond donors (Lipinski definition) is 1. The number of nitrogens with zero attached hydrogens (tertiary/aromatic N) is 1.